The van der Waals surface area contributed by atoms with E-state index in [1.165, 1.54) is 5.56 Å². The molecule has 0 saturated carbocycles. The van der Waals surface area contributed by atoms with Gasteiger partial charge in [-0.3, -0.25) is 5.10 Å². The molecule has 18 heavy (non-hydrogen) atoms. The molecule has 0 aliphatic carbocycles. The van der Waals surface area contributed by atoms with E-state index in [-0.39, 0.29) is 0 Å². The lowest BCUT2D eigenvalue weighted by Crippen LogP contribution is -2.03. The van der Waals surface area contributed by atoms with Gasteiger partial charge in [0.15, 0.2) is 0 Å². The van der Waals surface area contributed by atoms with Gasteiger partial charge < -0.3 is 5.32 Å². The molecule has 0 saturated heterocycles. The molecule has 0 amide bonds. The SMILES string of the molecule is Cc1n[nH]c(C)c1CNc1ncnc2ccsc12. The minimum absolute atomic E-state index is 0.720. The quantitative estimate of drug-likeness (QED) is 0.759. The number of H-pyrrole nitrogens is 1. The highest BCUT2D eigenvalue weighted by Crippen LogP contribution is 2.25. The van der Waals surface area contributed by atoms with Crippen LogP contribution in [0.2, 0.25) is 0 Å². The second kappa shape index (κ2) is 4.38. The first-order valence-corrected chi connectivity index (χ1v) is 6.56. The Morgan fingerprint density at radius 1 is 1.33 bits per heavy atom. The van der Waals surface area contributed by atoms with E-state index in [1.807, 2.05) is 25.3 Å². The Kier molecular flexibility index (Phi) is 2.71. The van der Waals surface area contributed by atoms with Gasteiger partial charge in [-0.25, -0.2) is 9.97 Å². The number of aryl methyl sites for hydroxylation is 2. The van der Waals surface area contributed by atoms with Gasteiger partial charge in [0.25, 0.3) is 0 Å². The normalized spacial score (nSPS) is 11.0. The third-order valence-electron chi connectivity index (χ3n) is 2.96. The molecule has 2 N–H and O–H groups in total. The van der Waals surface area contributed by atoms with E-state index >= 15 is 0 Å². The van der Waals surface area contributed by atoms with Crippen molar-refractivity contribution in [3.8, 4) is 0 Å². The van der Waals surface area contributed by atoms with E-state index in [9.17, 15) is 0 Å². The van der Waals surface area contributed by atoms with Crippen LogP contribution in [0.4, 0.5) is 5.82 Å². The summed E-state index contributed by atoms with van der Waals surface area (Å²) >= 11 is 1.65. The maximum absolute atomic E-state index is 4.30. The van der Waals surface area contributed by atoms with Crippen molar-refractivity contribution < 1.29 is 0 Å². The number of hydrogen-bond acceptors (Lipinski definition) is 5. The number of nitrogens with zero attached hydrogens (tertiary/aromatic N) is 3. The van der Waals surface area contributed by atoms with Crippen molar-refractivity contribution in [1.29, 1.82) is 0 Å². The summed E-state index contributed by atoms with van der Waals surface area (Å²) in [6.45, 7) is 4.75. The van der Waals surface area contributed by atoms with Crippen molar-refractivity contribution in [3.05, 3.63) is 34.7 Å². The second-order valence-corrected chi connectivity index (χ2v) is 5.04. The molecule has 0 atom stereocenters. The molecular weight excluding hydrogens is 246 g/mol. The molecule has 3 rings (SSSR count). The van der Waals surface area contributed by atoms with E-state index in [2.05, 4.69) is 25.5 Å². The second-order valence-electron chi connectivity index (χ2n) is 4.12. The van der Waals surface area contributed by atoms with Crippen molar-refractivity contribution >= 4 is 27.4 Å². The molecule has 3 aromatic heterocycles. The Bertz CT molecular complexity index is 665. The smallest absolute Gasteiger partial charge is 0.147 e. The molecular formula is C12H13N5S. The Morgan fingerprint density at radius 3 is 3.00 bits per heavy atom. The van der Waals surface area contributed by atoms with Gasteiger partial charge in [0.2, 0.25) is 0 Å². The van der Waals surface area contributed by atoms with Crippen LogP contribution in [0.25, 0.3) is 10.2 Å². The fourth-order valence-corrected chi connectivity index (χ4v) is 2.73. The largest absolute Gasteiger partial charge is 0.365 e. The van der Waals surface area contributed by atoms with Crippen LogP contribution in [-0.4, -0.2) is 20.2 Å². The molecule has 5 nitrogen and oxygen atoms in total. The predicted molar refractivity (Wildman–Crippen MR) is 72.8 cm³/mol. The van der Waals surface area contributed by atoms with Gasteiger partial charge in [0.05, 0.1) is 15.9 Å². The van der Waals surface area contributed by atoms with Crippen LogP contribution >= 0.6 is 11.3 Å². The highest BCUT2D eigenvalue weighted by molar-refractivity contribution is 7.17. The minimum Gasteiger partial charge on any atom is -0.365 e. The molecule has 3 heterocycles. The van der Waals surface area contributed by atoms with Gasteiger partial charge in [-0.05, 0) is 25.3 Å². The van der Waals surface area contributed by atoms with E-state index < -0.39 is 0 Å². The van der Waals surface area contributed by atoms with E-state index in [0.717, 1.165) is 34.0 Å². The van der Waals surface area contributed by atoms with Gasteiger partial charge in [-0.1, -0.05) is 0 Å². The summed E-state index contributed by atoms with van der Waals surface area (Å²) in [6.07, 6.45) is 1.59. The van der Waals surface area contributed by atoms with Gasteiger partial charge in [-0.15, -0.1) is 11.3 Å². The monoisotopic (exact) mass is 259 g/mol. The van der Waals surface area contributed by atoms with Gasteiger partial charge in [0.1, 0.15) is 12.1 Å². The van der Waals surface area contributed by atoms with E-state index in [0.29, 0.717) is 0 Å². The zero-order valence-electron chi connectivity index (χ0n) is 10.2. The van der Waals surface area contributed by atoms with Gasteiger partial charge >= 0.3 is 0 Å². The third kappa shape index (κ3) is 1.84. The van der Waals surface area contributed by atoms with Crippen molar-refractivity contribution in [2.24, 2.45) is 0 Å². The highest BCUT2D eigenvalue weighted by Gasteiger charge is 2.08. The van der Waals surface area contributed by atoms with Crippen molar-refractivity contribution in [1.82, 2.24) is 20.2 Å². The lowest BCUT2D eigenvalue weighted by molar-refractivity contribution is 1.02. The Hall–Kier alpha value is -1.95. The first-order chi connectivity index (χ1) is 8.75. The summed E-state index contributed by atoms with van der Waals surface area (Å²) in [7, 11) is 0. The maximum atomic E-state index is 4.30. The summed E-state index contributed by atoms with van der Waals surface area (Å²) < 4.78 is 1.09. The van der Waals surface area contributed by atoms with E-state index in [1.54, 1.807) is 17.7 Å². The minimum atomic E-state index is 0.720. The van der Waals surface area contributed by atoms with Gasteiger partial charge in [0, 0.05) is 17.8 Å². The van der Waals surface area contributed by atoms with Crippen LogP contribution in [0.3, 0.4) is 0 Å². The number of aromatic nitrogens is 4. The molecule has 0 aliphatic rings. The summed E-state index contributed by atoms with van der Waals surface area (Å²) in [5, 5.41) is 12.6. The number of fused-ring (bicyclic) bond motifs is 1. The number of thiophene rings is 1. The standard InChI is InChI=1S/C12H13N5S/c1-7-9(8(2)17-16-7)5-13-12-11-10(3-4-18-11)14-6-15-12/h3-4,6H,5H2,1-2H3,(H,16,17)(H,13,14,15). The van der Waals surface area contributed by atoms with Crippen molar-refractivity contribution in [2.75, 3.05) is 5.32 Å². The number of nitrogens with one attached hydrogen (secondary N) is 2. The Balaban J connectivity index is 1.87. The average molecular weight is 259 g/mol. The van der Waals surface area contributed by atoms with Crippen LogP contribution in [0.5, 0.6) is 0 Å². The molecule has 0 radical (unpaired) electrons. The first kappa shape index (κ1) is 11.2. The van der Waals surface area contributed by atoms with Gasteiger partial charge in [-0.2, -0.15) is 5.10 Å². The first-order valence-electron chi connectivity index (χ1n) is 5.68. The van der Waals surface area contributed by atoms with Crippen molar-refractivity contribution in [3.63, 3.8) is 0 Å². The molecule has 0 spiro atoms. The van der Waals surface area contributed by atoms with Crippen LogP contribution in [0.15, 0.2) is 17.8 Å². The molecule has 3 aromatic rings. The number of aromatic amines is 1. The lowest BCUT2D eigenvalue weighted by Gasteiger charge is -2.06. The third-order valence-corrected chi connectivity index (χ3v) is 3.87. The zero-order valence-corrected chi connectivity index (χ0v) is 11.0. The Morgan fingerprint density at radius 2 is 2.22 bits per heavy atom. The summed E-state index contributed by atoms with van der Waals surface area (Å²) in [5.41, 5.74) is 4.30. The molecule has 0 fully saturated rings. The summed E-state index contributed by atoms with van der Waals surface area (Å²) in [5.74, 6) is 0.884. The van der Waals surface area contributed by atoms with Crippen LogP contribution < -0.4 is 5.32 Å². The summed E-state index contributed by atoms with van der Waals surface area (Å²) in [4.78, 5) is 8.52. The number of anilines is 1. The predicted octanol–water partition coefficient (Wildman–Crippen LogP) is 2.64. The van der Waals surface area contributed by atoms with Crippen LogP contribution in [-0.2, 0) is 6.54 Å². The molecule has 0 aliphatic heterocycles. The molecule has 92 valence electrons. The van der Waals surface area contributed by atoms with Crippen LogP contribution in [0.1, 0.15) is 17.0 Å². The maximum Gasteiger partial charge on any atom is 0.147 e. The molecule has 6 heteroatoms. The highest BCUT2D eigenvalue weighted by atomic mass is 32.1. The fourth-order valence-electron chi connectivity index (χ4n) is 1.92. The number of hydrogen-bond donors (Lipinski definition) is 2. The molecule has 0 unspecified atom stereocenters. The average Bonchev–Trinajstić information content (AvgIpc) is 2.95. The van der Waals surface area contributed by atoms with Crippen molar-refractivity contribution in [2.45, 2.75) is 20.4 Å². The van der Waals surface area contributed by atoms with Crippen LogP contribution in [0, 0.1) is 13.8 Å². The van der Waals surface area contributed by atoms with E-state index in [4.69, 9.17) is 0 Å². The molecule has 0 aromatic carbocycles. The summed E-state index contributed by atoms with van der Waals surface area (Å²) in [6, 6.07) is 2.00. The topological polar surface area (TPSA) is 66.5 Å². The zero-order chi connectivity index (χ0) is 12.5. The lowest BCUT2D eigenvalue weighted by atomic mass is 10.2. The number of rotatable bonds is 3. The Labute approximate surface area is 108 Å². The molecule has 0 bridgehead atoms. The fraction of sp³-hybridized carbons (Fsp3) is 0.250.